The van der Waals surface area contributed by atoms with Gasteiger partial charge in [-0.2, -0.15) is 0 Å². The molecule has 0 radical (unpaired) electrons. The van der Waals surface area contributed by atoms with Crippen molar-refractivity contribution < 1.29 is 19.1 Å². The lowest BCUT2D eigenvalue weighted by Gasteiger charge is -2.13. The van der Waals surface area contributed by atoms with Crippen LogP contribution in [0.15, 0.2) is 72.8 Å². The lowest BCUT2D eigenvalue weighted by atomic mass is 10.1. The molecule has 3 N–H and O–H groups in total. The van der Waals surface area contributed by atoms with Crippen molar-refractivity contribution in [1.82, 2.24) is 5.32 Å². The van der Waals surface area contributed by atoms with Crippen LogP contribution in [0.3, 0.4) is 0 Å². The molecule has 7 heteroatoms. The SMILES string of the molecule is CCC(C)C(=O)Nc1cccc(CNC(=O)c2ccccc2NC(=O)c2ccc(OC)cc2)c1. The molecule has 0 aliphatic heterocycles. The summed E-state index contributed by atoms with van der Waals surface area (Å²) in [4.78, 5) is 37.7. The topological polar surface area (TPSA) is 96.5 Å². The van der Waals surface area contributed by atoms with Crippen molar-refractivity contribution in [3.05, 3.63) is 89.5 Å². The van der Waals surface area contributed by atoms with Gasteiger partial charge in [0.1, 0.15) is 5.75 Å². The Morgan fingerprint density at radius 3 is 2.32 bits per heavy atom. The predicted molar refractivity (Wildman–Crippen MR) is 133 cm³/mol. The molecule has 0 aliphatic rings. The molecule has 0 aliphatic carbocycles. The van der Waals surface area contributed by atoms with Crippen LogP contribution >= 0.6 is 0 Å². The summed E-state index contributed by atoms with van der Waals surface area (Å²) in [6, 6.07) is 20.9. The molecule has 3 rings (SSSR count). The molecular weight excluding hydrogens is 430 g/mol. The molecule has 1 atom stereocenters. The van der Waals surface area contributed by atoms with Gasteiger partial charge in [0.25, 0.3) is 11.8 Å². The molecule has 0 saturated carbocycles. The van der Waals surface area contributed by atoms with Crippen molar-refractivity contribution in [3.8, 4) is 5.75 Å². The average Bonchev–Trinajstić information content (AvgIpc) is 2.87. The average molecular weight is 460 g/mol. The van der Waals surface area contributed by atoms with Crippen LogP contribution in [0, 0.1) is 5.92 Å². The first-order valence-electron chi connectivity index (χ1n) is 11.1. The van der Waals surface area contributed by atoms with E-state index in [2.05, 4.69) is 16.0 Å². The van der Waals surface area contributed by atoms with Gasteiger partial charge in [-0.1, -0.05) is 38.1 Å². The zero-order valence-corrected chi connectivity index (χ0v) is 19.6. The van der Waals surface area contributed by atoms with Gasteiger partial charge in [0, 0.05) is 23.7 Å². The largest absolute Gasteiger partial charge is 0.497 e. The fourth-order valence-corrected chi connectivity index (χ4v) is 3.21. The van der Waals surface area contributed by atoms with E-state index in [9.17, 15) is 14.4 Å². The molecule has 0 bridgehead atoms. The van der Waals surface area contributed by atoms with Crippen LogP contribution in [0.4, 0.5) is 11.4 Å². The van der Waals surface area contributed by atoms with Crippen LogP contribution in [0.2, 0.25) is 0 Å². The van der Waals surface area contributed by atoms with E-state index in [0.29, 0.717) is 28.3 Å². The fraction of sp³-hybridized carbons (Fsp3) is 0.222. The smallest absolute Gasteiger partial charge is 0.255 e. The van der Waals surface area contributed by atoms with E-state index in [1.807, 2.05) is 38.1 Å². The highest BCUT2D eigenvalue weighted by molar-refractivity contribution is 6.09. The number of nitrogens with one attached hydrogen (secondary N) is 3. The highest BCUT2D eigenvalue weighted by atomic mass is 16.5. The predicted octanol–water partition coefficient (Wildman–Crippen LogP) is 4.86. The van der Waals surface area contributed by atoms with Crippen molar-refractivity contribution in [2.75, 3.05) is 17.7 Å². The number of para-hydroxylation sites is 1. The highest BCUT2D eigenvalue weighted by Crippen LogP contribution is 2.18. The molecule has 3 amide bonds. The quantitative estimate of drug-likeness (QED) is 0.426. The monoisotopic (exact) mass is 459 g/mol. The number of benzene rings is 3. The molecule has 34 heavy (non-hydrogen) atoms. The van der Waals surface area contributed by atoms with Crippen LogP contribution < -0.4 is 20.7 Å². The van der Waals surface area contributed by atoms with Crippen LogP contribution in [-0.2, 0) is 11.3 Å². The first-order chi connectivity index (χ1) is 16.4. The second-order valence-electron chi connectivity index (χ2n) is 7.91. The third kappa shape index (κ3) is 6.45. The highest BCUT2D eigenvalue weighted by Gasteiger charge is 2.15. The normalized spacial score (nSPS) is 11.3. The van der Waals surface area contributed by atoms with Gasteiger partial charge in [0.05, 0.1) is 18.4 Å². The molecule has 1 unspecified atom stereocenters. The number of hydrogen-bond donors (Lipinski definition) is 3. The van der Waals surface area contributed by atoms with E-state index in [0.717, 1.165) is 12.0 Å². The lowest BCUT2D eigenvalue weighted by Crippen LogP contribution is -2.25. The van der Waals surface area contributed by atoms with E-state index < -0.39 is 0 Å². The summed E-state index contributed by atoms with van der Waals surface area (Å²) >= 11 is 0. The van der Waals surface area contributed by atoms with Gasteiger partial charge in [0.15, 0.2) is 0 Å². The summed E-state index contributed by atoms with van der Waals surface area (Å²) in [7, 11) is 1.56. The Kier molecular flexibility index (Phi) is 8.40. The maximum Gasteiger partial charge on any atom is 0.255 e. The zero-order valence-electron chi connectivity index (χ0n) is 19.6. The van der Waals surface area contributed by atoms with Gasteiger partial charge in [-0.05, 0) is 60.5 Å². The second-order valence-corrected chi connectivity index (χ2v) is 7.91. The minimum absolute atomic E-state index is 0.0368. The summed E-state index contributed by atoms with van der Waals surface area (Å²) in [5.74, 6) is -0.106. The number of amides is 3. The molecular formula is C27H29N3O4. The Morgan fingerprint density at radius 1 is 0.882 bits per heavy atom. The Hall–Kier alpha value is -4.13. The Labute approximate surface area is 199 Å². The van der Waals surface area contributed by atoms with Crippen LogP contribution in [-0.4, -0.2) is 24.8 Å². The molecule has 7 nitrogen and oxygen atoms in total. The fourth-order valence-electron chi connectivity index (χ4n) is 3.21. The van der Waals surface area contributed by atoms with Gasteiger partial charge in [-0.15, -0.1) is 0 Å². The van der Waals surface area contributed by atoms with E-state index in [-0.39, 0.29) is 30.2 Å². The number of carbonyl (C=O) groups excluding carboxylic acids is 3. The van der Waals surface area contributed by atoms with E-state index in [1.165, 1.54) is 0 Å². The third-order valence-electron chi connectivity index (χ3n) is 5.48. The van der Waals surface area contributed by atoms with Crippen molar-refractivity contribution in [2.24, 2.45) is 5.92 Å². The number of ether oxygens (including phenoxy) is 1. The van der Waals surface area contributed by atoms with Crippen LogP contribution in [0.25, 0.3) is 0 Å². The lowest BCUT2D eigenvalue weighted by molar-refractivity contribution is -0.119. The minimum atomic E-state index is -0.326. The van der Waals surface area contributed by atoms with E-state index >= 15 is 0 Å². The van der Waals surface area contributed by atoms with Crippen molar-refractivity contribution in [3.63, 3.8) is 0 Å². The minimum Gasteiger partial charge on any atom is -0.497 e. The summed E-state index contributed by atoms with van der Waals surface area (Å²) in [6.07, 6.45) is 0.760. The Bertz CT molecular complexity index is 1160. The molecule has 3 aromatic rings. The number of rotatable bonds is 9. The molecule has 0 aromatic heterocycles. The third-order valence-corrected chi connectivity index (χ3v) is 5.48. The van der Waals surface area contributed by atoms with Crippen molar-refractivity contribution in [2.45, 2.75) is 26.8 Å². The summed E-state index contributed by atoms with van der Waals surface area (Å²) in [5, 5.41) is 8.58. The maximum atomic E-state index is 12.9. The van der Waals surface area contributed by atoms with Crippen LogP contribution in [0.1, 0.15) is 46.5 Å². The van der Waals surface area contributed by atoms with E-state index in [4.69, 9.17) is 4.74 Å². The molecule has 0 heterocycles. The number of methoxy groups -OCH3 is 1. The number of anilines is 2. The second kappa shape index (κ2) is 11.7. The number of hydrogen-bond acceptors (Lipinski definition) is 4. The molecule has 176 valence electrons. The van der Waals surface area contributed by atoms with Gasteiger partial charge in [0.2, 0.25) is 5.91 Å². The molecule has 0 spiro atoms. The molecule has 0 saturated heterocycles. The van der Waals surface area contributed by atoms with Crippen molar-refractivity contribution in [1.29, 1.82) is 0 Å². The Balaban J connectivity index is 1.65. The number of carbonyl (C=O) groups is 3. The Morgan fingerprint density at radius 2 is 1.62 bits per heavy atom. The standard InChI is InChI=1S/C27H29N3O4/c1-4-18(2)25(31)29-21-9-7-8-19(16-21)17-28-27(33)23-10-5-6-11-24(23)30-26(32)20-12-14-22(34-3)15-13-20/h5-16,18H,4,17H2,1-3H3,(H,28,33)(H,29,31)(H,30,32). The summed E-state index contributed by atoms with van der Waals surface area (Å²) < 4.78 is 5.12. The van der Waals surface area contributed by atoms with Crippen molar-refractivity contribution >= 4 is 29.1 Å². The van der Waals surface area contributed by atoms with Gasteiger partial charge < -0.3 is 20.7 Å². The van der Waals surface area contributed by atoms with Crippen LogP contribution in [0.5, 0.6) is 5.75 Å². The molecule has 3 aromatic carbocycles. The first-order valence-corrected chi connectivity index (χ1v) is 11.1. The molecule has 0 fully saturated rings. The van der Waals surface area contributed by atoms with E-state index in [1.54, 1.807) is 55.6 Å². The van der Waals surface area contributed by atoms with Gasteiger partial charge in [-0.3, -0.25) is 14.4 Å². The maximum absolute atomic E-state index is 12.9. The van der Waals surface area contributed by atoms with Gasteiger partial charge in [-0.25, -0.2) is 0 Å². The summed E-state index contributed by atoms with van der Waals surface area (Å²) in [6.45, 7) is 4.12. The van der Waals surface area contributed by atoms with Gasteiger partial charge >= 0.3 is 0 Å². The first kappa shape index (κ1) is 24.5. The zero-order chi connectivity index (χ0) is 24.5. The summed E-state index contributed by atoms with van der Waals surface area (Å²) in [5.41, 5.74) is 2.74.